The number of nitrogens with zero attached hydrogens (tertiary/aromatic N) is 3. The number of aromatic nitrogens is 2. The predicted molar refractivity (Wildman–Crippen MR) is 94.8 cm³/mol. The number of hydrogen-bond acceptors (Lipinski definition) is 6. The zero-order valence-corrected chi connectivity index (χ0v) is 14.2. The molecule has 0 aliphatic rings. The lowest BCUT2D eigenvalue weighted by atomic mass is 10.2. The maximum absolute atomic E-state index is 12.3. The van der Waals surface area contributed by atoms with Gasteiger partial charge in [0.1, 0.15) is 0 Å². The highest BCUT2D eigenvalue weighted by Gasteiger charge is 2.19. The Hall–Kier alpha value is -3.11. The van der Waals surface area contributed by atoms with Crippen LogP contribution in [0.1, 0.15) is 12.5 Å². The fourth-order valence-corrected chi connectivity index (χ4v) is 2.71. The van der Waals surface area contributed by atoms with Crippen molar-refractivity contribution < 1.29 is 9.21 Å². The van der Waals surface area contributed by atoms with Gasteiger partial charge in [-0.15, -0.1) is 10.2 Å². The first kappa shape index (κ1) is 16.7. The van der Waals surface area contributed by atoms with Crippen molar-refractivity contribution in [2.45, 2.75) is 17.4 Å². The Balaban J connectivity index is 1.61. The number of carbonyl (C=O) groups is 1. The van der Waals surface area contributed by atoms with Gasteiger partial charge < -0.3 is 9.73 Å². The van der Waals surface area contributed by atoms with Gasteiger partial charge in [0.05, 0.1) is 16.9 Å². The van der Waals surface area contributed by atoms with Crippen LogP contribution in [0.25, 0.3) is 11.5 Å². The van der Waals surface area contributed by atoms with Crippen LogP contribution in [0.5, 0.6) is 0 Å². The van der Waals surface area contributed by atoms with E-state index in [9.17, 15) is 4.79 Å². The van der Waals surface area contributed by atoms with E-state index in [1.54, 1.807) is 31.2 Å². The van der Waals surface area contributed by atoms with Crippen molar-refractivity contribution in [3.63, 3.8) is 0 Å². The van der Waals surface area contributed by atoms with Gasteiger partial charge in [-0.25, -0.2) is 0 Å². The van der Waals surface area contributed by atoms with E-state index in [2.05, 4.69) is 15.5 Å². The molecule has 0 fully saturated rings. The Morgan fingerprint density at radius 3 is 2.56 bits per heavy atom. The molecule has 1 heterocycles. The highest BCUT2D eigenvalue weighted by atomic mass is 32.2. The van der Waals surface area contributed by atoms with E-state index in [1.807, 2.05) is 36.4 Å². The fourth-order valence-electron chi connectivity index (χ4n) is 2.03. The fraction of sp³-hybridized carbons (Fsp3) is 0.111. The second-order valence-electron chi connectivity index (χ2n) is 5.18. The summed E-state index contributed by atoms with van der Waals surface area (Å²) >= 11 is 1.19. The number of nitriles is 1. The van der Waals surface area contributed by atoms with E-state index in [0.717, 1.165) is 5.56 Å². The standard InChI is InChI=1S/C18H14N4O2S/c1-12(16(23)20-15-9-7-13(11-19)8-10-15)25-18-22-21-17(24-18)14-5-3-2-4-6-14/h2-10,12H,1H3,(H,20,23)/t12-/m1/s1. The topological polar surface area (TPSA) is 91.8 Å². The molecule has 0 aliphatic carbocycles. The summed E-state index contributed by atoms with van der Waals surface area (Å²) in [6.45, 7) is 1.76. The van der Waals surface area contributed by atoms with Crippen LogP contribution in [0.15, 0.2) is 64.2 Å². The lowest BCUT2D eigenvalue weighted by Crippen LogP contribution is -2.22. The van der Waals surface area contributed by atoms with Gasteiger partial charge >= 0.3 is 0 Å². The van der Waals surface area contributed by atoms with Crippen LogP contribution >= 0.6 is 11.8 Å². The summed E-state index contributed by atoms with van der Waals surface area (Å²) < 4.78 is 5.60. The molecule has 0 bridgehead atoms. The van der Waals surface area contributed by atoms with Gasteiger partial charge in [0.15, 0.2) is 0 Å². The minimum atomic E-state index is -0.417. The second kappa shape index (κ2) is 7.64. The van der Waals surface area contributed by atoms with Gasteiger partial charge in [0.25, 0.3) is 5.22 Å². The number of amides is 1. The number of thioether (sulfide) groups is 1. The van der Waals surface area contributed by atoms with Crippen molar-refractivity contribution in [2.75, 3.05) is 5.32 Å². The van der Waals surface area contributed by atoms with Crippen molar-refractivity contribution in [1.29, 1.82) is 5.26 Å². The van der Waals surface area contributed by atoms with Crippen molar-refractivity contribution in [1.82, 2.24) is 10.2 Å². The average Bonchev–Trinajstić information content (AvgIpc) is 3.11. The van der Waals surface area contributed by atoms with Crippen molar-refractivity contribution in [3.05, 3.63) is 60.2 Å². The van der Waals surface area contributed by atoms with Crippen LogP contribution in [-0.4, -0.2) is 21.4 Å². The van der Waals surface area contributed by atoms with Crippen LogP contribution in [0, 0.1) is 11.3 Å². The maximum atomic E-state index is 12.3. The van der Waals surface area contributed by atoms with Gasteiger partial charge in [-0.3, -0.25) is 4.79 Å². The predicted octanol–water partition coefficient (Wildman–Crippen LogP) is 3.73. The van der Waals surface area contributed by atoms with E-state index in [1.165, 1.54) is 11.8 Å². The van der Waals surface area contributed by atoms with Crippen LogP contribution in [0.2, 0.25) is 0 Å². The number of anilines is 1. The first-order chi connectivity index (χ1) is 12.2. The third-order valence-electron chi connectivity index (χ3n) is 3.36. The molecule has 1 aromatic heterocycles. The van der Waals surface area contributed by atoms with Gasteiger partial charge in [-0.2, -0.15) is 5.26 Å². The molecule has 0 spiro atoms. The number of rotatable bonds is 5. The number of nitrogens with one attached hydrogen (secondary N) is 1. The molecule has 124 valence electrons. The largest absolute Gasteiger partial charge is 0.411 e. The summed E-state index contributed by atoms with van der Waals surface area (Å²) in [5.41, 5.74) is 2.00. The maximum Gasteiger partial charge on any atom is 0.277 e. The molecule has 1 atom stereocenters. The molecular formula is C18H14N4O2S. The highest BCUT2D eigenvalue weighted by Crippen LogP contribution is 2.26. The molecule has 0 unspecified atom stereocenters. The summed E-state index contributed by atoms with van der Waals surface area (Å²) in [5, 5.41) is 19.5. The molecule has 25 heavy (non-hydrogen) atoms. The molecule has 7 heteroatoms. The molecule has 3 aromatic rings. The lowest BCUT2D eigenvalue weighted by Gasteiger charge is -2.09. The molecule has 6 nitrogen and oxygen atoms in total. The average molecular weight is 350 g/mol. The zero-order chi connectivity index (χ0) is 17.6. The van der Waals surface area contributed by atoms with Crippen LogP contribution in [0.3, 0.4) is 0 Å². The molecule has 1 N–H and O–H groups in total. The third-order valence-corrected chi connectivity index (χ3v) is 4.29. The van der Waals surface area contributed by atoms with E-state index in [0.29, 0.717) is 22.4 Å². The van der Waals surface area contributed by atoms with Crippen LogP contribution < -0.4 is 5.32 Å². The summed E-state index contributed by atoms with van der Waals surface area (Å²) in [7, 11) is 0. The van der Waals surface area contributed by atoms with Crippen molar-refractivity contribution >= 4 is 23.4 Å². The van der Waals surface area contributed by atoms with E-state index in [4.69, 9.17) is 9.68 Å². The van der Waals surface area contributed by atoms with E-state index >= 15 is 0 Å². The van der Waals surface area contributed by atoms with Gasteiger partial charge in [0, 0.05) is 11.3 Å². The summed E-state index contributed by atoms with van der Waals surface area (Å²) in [6, 6.07) is 18.2. The monoisotopic (exact) mass is 350 g/mol. The zero-order valence-electron chi connectivity index (χ0n) is 13.3. The highest BCUT2D eigenvalue weighted by molar-refractivity contribution is 8.00. The molecule has 0 aliphatic heterocycles. The van der Waals surface area contributed by atoms with Gasteiger partial charge in [-0.05, 0) is 43.3 Å². The van der Waals surface area contributed by atoms with Crippen LogP contribution in [-0.2, 0) is 4.79 Å². The van der Waals surface area contributed by atoms with E-state index < -0.39 is 5.25 Å². The Morgan fingerprint density at radius 1 is 1.16 bits per heavy atom. The summed E-state index contributed by atoms with van der Waals surface area (Å²) in [5.74, 6) is 0.233. The molecule has 1 amide bonds. The molecule has 3 rings (SSSR count). The van der Waals surface area contributed by atoms with Crippen molar-refractivity contribution in [2.24, 2.45) is 0 Å². The summed E-state index contributed by atoms with van der Waals surface area (Å²) in [6.07, 6.45) is 0. The SMILES string of the molecule is C[C@@H](Sc1nnc(-c2ccccc2)o1)C(=O)Nc1ccc(C#N)cc1. The summed E-state index contributed by atoms with van der Waals surface area (Å²) in [4.78, 5) is 12.3. The second-order valence-corrected chi connectivity index (χ2v) is 6.47. The minimum Gasteiger partial charge on any atom is -0.411 e. The van der Waals surface area contributed by atoms with Gasteiger partial charge in [0.2, 0.25) is 11.8 Å². The number of hydrogen-bond donors (Lipinski definition) is 1. The number of carbonyl (C=O) groups excluding carboxylic acids is 1. The Labute approximate surface area is 148 Å². The molecular weight excluding hydrogens is 336 g/mol. The first-order valence-electron chi connectivity index (χ1n) is 7.52. The smallest absolute Gasteiger partial charge is 0.277 e. The Morgan fingerprint density at radius 2 is 1.88 bits per heavy atom. The van der Waals surface area contributed by atoms with E-state index in [-0.39, 0.29) is 5.91 Å². The normalized spacial score (nSPS) is 11.5. The Kier molecular flexibility index (Phi) is 5.11. The first-order valence-corrected chi connectivity index (χ1v) is 8.40. The minimum absolute atomic E-state index is 0.186. The quantitative estimate of drug-likeness (QED) is 0.705. The molecule has 0 saturated carbocycles. The molecule has 2 aromatic carbocycles. The Bertz CT molecular complexity index is 901. The molecule has 0 saturated heterocycles. The third kappa shape index (κ3) is 4.25. The number of benzene rings is 2. The lowest BCUT2D eigenvalue weighted by molar-refractivity contribution is -0.115. The van der Waals surface area contributed by atoms with Gasteiger partial charge in [-0.1, -0.05) is 30.0 Å². The molecule has 0 radical (unpaired) electrons. The van der Waals surface area contributed by atoms with Crippen LogP contribution in [0.4, 0.5) is 5.69 Å². The van der Waals surface area contributed by atoms with Crippen molar-refractivity contribution in [3.8, 4) is 17.5 Å².